The van der Waals surface area contributed by atoms with Crippen molar-refractivity contribution in [3.05, 3.63) is 56.9 Å². The molecule has 2 heteroatoms. The normalized spacial score (nSPS) is 16.0. The largest absolute Gasteiger partial charge is 0.460 e. The second-order valence-electron chi connectivity index (χ2n) is 5.15. The van der Waals surface area contributed by atoms with Crippen LogP contribution in [0.5, 0.6) is 0 Å². The molecule has 0 N–H and O–H groups in total. The van der Waals surface area contributed by atoms with Crippen LogP contribution in [0, 0.1) is 0 Å². The number of aryl methyl sites for hydroxylation is 2. The maximum absolute atomic E-state index is 12.5. The van der Waals surface area contributed by atoms with Gasteiger partial charge in [-0.3, -0.25) is 4.79 Å². The summed E-state index contributed by atoms with van der Waals surface area (Å²) in [6.45, 7) is 0. The van der Waals surface area contributed by atoms with Gasteiger partial charge in [-0.15, -0.1) is 0 Å². The highest BCUT2D eigenvalue weighted by atomic mass is 16.3. The van der Waals surface area contributed by atoms with Crippen molar-refractivity contribution in [3.63, 3.8) is 0 Å². The number of rotatable bonds is 0. The number of fused-ring (bicyclic) bond motifs is 4. The first-order valence-corrected chi connectivity index (χ1v) is 6.60. The third-order valence-electron chi connectivity index (χ3n) is 4.12. The average molecular weight is 238 g/mol. The molecule has 0 aliphatic heterocycles. The molecule has 0 saturated heterocycles. The summed E-state index contributed by atoms with van der Waals surface area (Å²) in [5.74, 6) is 1.76. The summed E-state index contributed by atoms with van der Waals surface area (Å²) in [7, 11) is 0. The second kappa shape index (κ2) is 3.58. The molecule has 2 aromatic rings. The summed E-state index contributed by atoms with van der Waals surface area (Å²) in [5.41, 5.74) is 4.50. The zero-order valence-corrected chi connectivity index (χ0v) is 10.2. The predicted octanol–water partition coefficient (Wildman–Crippen LogP) is 2.89. The maximum Gasteiger partial charge on any atom is 0.192 e. The van der Waals surface area contributed by atoms with E-state index in [1.165, 1.54) is 5.56 Å². The Kier molecular flexibility index (Phi) is 2.01. The molecule has 0 fully saturated rings. The zero-order chi connectivity index (χ0) is 12.1. The van der Waals surface area contributed by atoms with Gasteiger partial charge in [0.25, 0.3) is 0 Å². The maximum atomic E-state index is 12.5. The molecule has 18 heavy (non-hydrogen) atoms. The highest BCUT2D eigenvalue weighted by Crippen LogP contribution is 2.34. The lowest BCUT2D eigenvalue weighted by molar-refractivity contribution is 0.503. The van der Waals surface area contributed by atoms with E-state index in [1.807, 2.05) is 6.07 Å². The topological polar surface area (TPSA) is 30.2 Å². The first kappa shape index (κ1) is 10.1. The Morgan fingerprint density at radius 2 is 1.83 bits per heavy atom. The summed E-state index contributed by atoms with van der Waals surface area (Å²) in [5, 5.41) is 0. The van der Waals surface area contributed by atoms with Gasteiger partial charge >= 0.3 is 0 Å². The van der Waals surface area contributed by atoms with Gasteiger partial charge in [-0.25, -0.2) is 0 Å². The molecule has 0 atom stereocenters. The summed E-state index contributed by atoms with van der Waals surface area (Å²) >= 11 is 0. The third-order valence-corrected chi connectivity index (χ3v) is 4.12. The van der Waals surface area contributed by atoms with Crippen molar-refractivity contribution < 1.29 is 4.42 Å². The van der Waals surface area contributed by atoms with Gasteiger partial charge in [-0.1, -0.05) is 24.3 Å². The van der Waals surface area contributed by atoms with Gasteiger partial charge in [0.05, 0.1) is 0 Å². The lowest BCUT2D eigenvalue weighted by Crippen LogP contribution is -2.19. The molecule has 1 aromatic carbocycles. The SMILES string of the molecule is O=c1c2c(oc3c1CCc1ccccc1-3)CCC2. The molecule has 0 unspecified atom stereocenters. The molecule has 0 saturated carbocycles. The molecule has 1 heterocycles. The third kappa shape index (κ3) is 1.26. The van der Waals surface area contributed by atoms with Crippen molar-refractivity contribution >= 4 is 0 Å². The summed E-state index contributed by atoms with van der Waals surface area (Å²) < 4.78 is 6.05. The highest BCUT2D eigenvalue weighted by molar-refractivity contribution is 5.68. The molecule has 90 valence electrons. The molecule has 4 rings (SSSR count). The van der Waals surface area contributed by atoms with Gasteiger partial charge < -0.3 is 4.42 Å². The second-order valence-corrected chi connectivity index (χ2v) is 5.15. The molecule has 0 spiro atoms. The van der Waals surface area contributed by atoms with Gasteiger partial charge in [-0.2, -0.15) is 0 Å². The van der Waals surface area contributed by atoms with Gasteiger partial charge in [0.1, 0.15) is 11.5 Å². The van der Waals surface area contributed by atoms with Crippen LogP contribution in [-0.4, -0.2) is 0 Å². The Hall–Kier alpha value is -1.83. The first-order chi connectivity index (χ1) is 8.84. The van der Waals surface area contributed by atoms with Gasteiger partial charge in [0.2, 0.25) is 0 Å². The Morgan fingerprint density at radius 1 is 0.944 bits per heavy atom. The van der Waals surface area contributed by atoms with E-state index in [9.17, 15) is 4.79 Å². The van der Waals surface area contributed by atoms with Crippen molar-refractivity contribution in [1.29, 1.82) is 0 Å². The van der Waals surface area contributed by atoms with Crippen molar-refractivity contribution in [3.8, 4) is 11.3 Å². The lowest BCUT2D eigenvalue weighted by Gasteiger charge is -2.18. The van der Waals surface area contributed by atoms with E-state index in [2.05, 4.69) is 18.2 Å². The number of hydrogen-bond donors (Lipinski definition) is 0. The van der Waals surface area contributed by atoms with Gasteiger partial charge in [0.15, 0.2) is 5.43 Å². The van der Waals surface area contributed by atoms with Crippen LogP contribution in [0.4, 0.5) is 0 Å². The fourth-order valence-electron chi connectivity index (χ4n) is 3.20. The van der Waals surface area contributed by atoms with Crippen molar-refractivity contribution in [2.45, 2.75) is 32.1 Å². The summed E-state index contributed by atoms with van der Waals surface area (Å²) in [6.07, 6.45) is 4.64. The zero-order valence-electron chi connectivity index (χ0n) is 10.2. The smallest absolute Gasteiger partial charge is 0.192 e. The molecule has 0 amide bonds. The van der Waals surface area contributed by atoms with Gasteiger partial charge in [-0.05, 0) is 31.2 Å². The van der Waals surface area contributed by atoms with Crippen molar-refractivity contribution in [2.24, 2.45) is 0 Å². The minimum Gasteiger partial charge on any atom is -0.460 e. The Balaban J connectivity index is 2.06. The van der Waals surface area contributed by atoms with Crippen LogP contribution in [0.25, 0.3) is 11.3 Å². The molecule has 2 aliphatic carbocycles. The number of benzene rings is 1. The molecular formula is C16H14O2. The Morgan fingerprint density at radius 3 is 2.78 bits per heavy atom. The standard InChI is InChI=1S/C16H14O2/c17-15-12-6-3-7-14(12)18-16-11-5-2-1-4-10(11)8-9-13(15)16/h1-2,4-5H,3,6-9H2. The Labute approximate surface area is 105 Å². The van der Waals surface area contributed by atoms with Crippen LogP contribution >= 0.6 is 0 Å². The molecule has 0 radical (unpaired) electrons. The fourth-order valence-corrected chi connectivity index (χ4v) is 3.20. The van der Waals surface area contributed by atoms with Crippen molar-refractivity contribution in [2.75, 3.05) is 0 Å². The summed E-state index contributed by atoms with van der Waals surface area (Å²) in [4.78, 5) is 12.5. The minimum absolute atomic E-state index is 0.248. The average Bonchev–Trinajstić information content (AvgIpc) is 2.87. The van der Waals surface area contributed by atoms with Crippen LogP contribution in [0.15, 0.2) is 33.5 Å². The lowest BCUT2D eigenvalue weighted by atomic mass is 9.89. The van der Waals surface area contributed by atoms with E-state index in [4.69, 9.17) is 4.42 Å². The van der Waals surface area contributed by atoms with Crippen LogP contribution in [0.2, 0.25) is 0 Å². The number of hydrogen-bond acceptors (Lipinski definition) is 2. The summed E-state index contributed by atoms with van der Waals surface area (Å²) in [6, 6.07) is 8.26. The predicted molar refractivity (Wildman–Crippen MR) is 69.8 cm³/mol. The minimum atomic E-state index is 0.248. The first-order valence-electron chi connectivity index (χ1n) is 6.60. The molecule has 2 aliphatic rings. The monoisotopic (exact) mass is 238 g/mol. The van der Waals surface area contributed by atoms with E-state index >= 15 is 0 Å². The molecular weight excluding hydrogens is 224 g/mol. The van der Waals surface area contributed by atoms with Crippen LogP contribution in [0.3, 0.4) is 0 Å². The van der Waals surface area contributed by atoms with E-state index in [1.54, 1.807) is 0 Å². The quantitative estimate of drug-likeness (QED) is 0.706. The molecule has 2 nitrogen and oxygen atoms in total. The van der Waals surface area contributed by atoms with E-state index in [0.29, 0.717) is 0 Å². The molecule has 0 bridgehead atoms. The Bertz CT molecular complexity index is 695. The van der Waals surface area contributed by atoms with Crippen LogP contribution < -0.4 is 5.43 Å². The van der Waals surface area contributed by atoms with Crippen molar-refractivity contribution in [1.82, 2.24) is 0 Å². The van der Waals surface area contributed by atoms with E-state index < -0.39 is 0 Å². The van der Waals surface area contributed by atoms with Gasteiger partial charge in [0, 0.05) is 23.1 Å². The molecule has 1 aromatic heterocycles. The van der Waals surface area contributed by atoms with E-state index in [0.717, 1.165) is 60.3 Å². The van der Waals surface area contributed by atoms with Crippen LogP contribution in [0.1, 0.15) is 28.9 Å². The van der Waals surface area contributed by atoms with Crippen LogP contribution in [-0.2, 0) is 25.7 Å². The highest BCUT2D eigenvalue weighted by Gasteiger charge is 2.26. The fraction of sp³-hybridized carbons (Fsp3) is 0.312. The van der Waals surface area contributed by atoms with E-state index in [-0.39, 0.29) is 5.43 Å².